The zero-order chi connectivity index (χ0) is 26.0. The van der Waals surface area contributed by atoms with Gasteiger partial charge in [-0.05, 0) is 25.0 Å². The minimum Gasteiger partial charge on any atom is -0.459 e. The Bertz CT molecular complexity index is 1030. The fraction of sp³-hybridized carbons (Fsp3) is 0.533. The van der Waals surface area contributed by atoms with Gasteiger partial charge in [0.1, 0.15) is 12.1 Å². The summed E-state index contributed by atoms with van der Waals surface area (Å²) in [5, 5.41) is 0. The predicted molar refractivity (Wildman–Crippen MR) is 139 cm³/mol. The summed E-state index contributed by atoms with van der Waals surface area (Å²) in [5.41, 5.74) is 5.35. The van der Waals surface area contributed by atoms with Gasteiger partial charge in [0.15, 0.2) is 0 Å². The Labute approximate surface area is 219 Å². The molecular weight excluding hydrogens is 468 g/mol. The lowest BCUT2D eigenvalue weighted by atomic mass is 9.85. The number of nitrogens with two attached hydrogens (primary N) is 1. The first kappa shape index (κ1) is 25.9. The molecule has 0 saturated carbocycles. The highest BCUT2D eigenvalue weighted by atomic mass is 16.7. The Morgan fingerprint density at radius 3 is 1.89 bits per heavy atom. The molecule has 0 aliphatic carbocycles. The number of hydrogen-bond donors (Lipinski definition) is 1. The molecule has 0 amide bonds. The average Bonchev–Trinajstić information content (AvgIpc) is 3.44. The van der Waals surface area contributed by atoms with E-state index in [9.17, 15) is 9.59 Å². The van der Waals surface area contributed by atoms with Crippen molar-refractivity contribution in [3.8, 4) is 0 Å². The van der Waals surface area contributed by atoms with Gasteiger partial charge in [-0.15, -0.1) is 0 Å². The third kappa shape index (κ3) is 4.80. The molecule has 3 aliphatic heterocycles. The fourth-order valence-corrected chi connectivity index (χ4v) is 7.02. The van der Waals surface area contributed by atoms with E-state index in [1.165, 1.54) is 43.3 Å². The molecule has 7 nitrogen and oxygen atoms in total. The van der Waals surface area contributed by atoms with E-state index < -0.39 is 29.9 Å². The van der Waals surface area contributed by atoms with Gasteiger partial charge in [0.05, 0.1) is 25.2 Å². The van der Waals surface area contributed by atoms with Crippen molar-refractivity contribution in [1.82, 2.24) is 0 Å². The standard InChI is InChI=1S/C30H39N2O5/c1-21(31)28(33)35-22(2)37-30(23-11-5-3-6-12-23,24-13-7-4-8-14-24)29(34)36-27-19-25-15-16-26(20-27)32(25)17-9-10-18-32/h3-8,11-14,21-22,25-27H,9-10,15-20,31H2,1-2H3/q+1/t21-,22-,25?,26?,27?/m0/s1. The number of rotatable bonds is 8. The highest BCUT2D eigenvalue weighted by Crippen LogP contribution is 2.47. The number of hydrogen-bond acceptors (Lipinski definition) is 6. The molecule has 5 rings (SSSR count). The van der Waals surface area contributed by atoms with E-state index in [2.05, 4.69) is 0 Å². The van der Waals surface area contributed by atoms with Crippen LogP contribution in [-0.4, -0.2) is 60.0 Å². The van der Waals surface area contributed by atoms with E-state index in [1.54, 1.807) is 13.8 Å². The molecule has 2 N–H and O–H groups in total. The van der Waals surface area contributed by atoms with Gasteiger partial charge in [0.2, 0.25) is 11.9 Å². The number of quaternary nitrogens is 1. The van der Waals surface area contributed by atoms with Gasteiger partial charge in [0, 0.05) is 38.5 Å². The third-order valence-corrected chi connectivity index (χ3v) is 8.67. The number of nitrogens with zero attached hydrogens (tertiary/aromatic N) is 1. The topological polar surface area (TPSA) is 87.9 Å². The van der Waals surface area contributed by atoms with Crippen molar-refractivity contribution < 1.29 is 28.3 Å². The normalized spacial score (nSPS) is 26.0. The van der Waals surface area contributed by atoms with Crippen LogP contribution in [0.1, 0.15) is 63.5 Å². The fourth-order valence-electron chi connectivity index (χ4n) is 7.02. The molecule has 3 fully saturated rings. The van der Waals surface area contributed by atoms with Crippen LogP contribution in [0.5, 0.6) is 0 Å². The van der Waals surface area contributed by atoms with Crippen molar-refractivity contribution in [2.24, 2.45) is 5.73 Å². The molecule has 3 heterocycles. The van der Waals surface area contributed by atoms with Crippen LogP contribution in [0.4, 0.5) is 0 Å². The lowest BCUT2D eigenvalue weighted by Crippen LogP contribution is -2.60. The number of benzene rings is 2. The maximum atomic E-state index is 14.3. The molecule has 1 spiro atoms. The Kier molecular flexibility index (Phi) is 7.39. The second kappa shape index (κ2) is 10.6. The second-order valence-electron chi connectivity index (χ2n) is 11.0. The summed E-state index contributed by atoms with van der Waals surface area (Å²) >= 11 is 0. The van der Waals surface area contributed by atoms with Crippen LogP contribution in [0.25, 0.3) is 0 Å². The van der Waals surface area contributed by atoms with E-state index in [4.69, 9.17) is 19.9 Å². The number of ether oxygens (including phenoxy) is 3. The van der Waals surface area contributed by atoms with Crippen LogP contribution >= 0.6 is 0 Å². The van der Waals surface area contributed by atoms with Gasteiger partial charge in [-0.1, -0.05) is 60.7 Å². The summed E-state index contributed by atoms with van der Waals surface area (Å²) in [5.74, 6) is -1.08. The molecule has 198 valence electrons. The molecular formula is C30H39N2O5+. The van der Waals surface area contributed by atoms with Crippen molar-refractivity contribution in [2.45, 2.75) is 88.5 Å². The lowest BCUT2D eigenvalue weighted by molar-refractivity contribution is -0.956. The van der Waals surface area contributed by atoms with E-state index in [0.717, 1.165) is 12.8 Å². The zero-order valence-corrected chi connectivity index (χ0v) is 21.9. The Hall–Kier alpha value is -2.74. The number of esters is 2. The first-order valence-electron chi connectivity index (χ1n) is 13.7. The molecule has 0 aromatic heterocycles. The van der Waals surface area contributed by atoms with Gasteiger partial charge < -0.3 is 24.4 Å². The second-order valence-corrected chi connectivity index (χ2v) is 11.0. The maximum Gasteiger partial charge on any atom is 0.348 e. The summed E-state index contributed by atoms with van der Waals surface area (Å²) < 4.78 is 19.5. The molecule has 37 heavy (non-hydrogen) atoms. The Morgan fingerprint density at radius 2 is 1.41 bits per heavy atom. The van der Waals surface area contributed by atoms with E-state index >= 15 is 0 Å². The van der Waals surface area contributed by atoms with Gasteiger partial charge in [0.25, 0.3) is 0 Å². The van der Waals surface area contributed by atoms with Crippen LogP contribution in [0.3, 0.4) is 0 Å². The molecule has 7 heteroatoms. The molecule has 3 aliphatic rings. The molecule has 2 aromatic carbocycles. The summed E-state index contributed by atoms with van der Waals surface area (Å²) in [6.07, 6.45) is 5.60. The van der Waals surface area contributed by atoms with Gasteiger partial charge in [-0.25, -0.2) is 4.79 Å². The molecule has 2 aromatic rings. The highest BCUT2D eigenvalue weighted by Gasteiger charge is 2.57. The molecule has 2 unspecified atom stereocenters. The van der Waals surface area contributed by atoms with Crippen LogP contribution in [-0.2, 0) is 29.4 Å². The largest absolute Gasteiger partial charge is 0.459 e. The Balaban J connectivity index is 1.47. The number of carbonyl (C=O) groups is 2. The molecule has 2 bridgehead atoms. The SMILES string of the molecule is C[C@@H](OC(=O)[C@H](C)N)OC(C(=O)OC1CC2CCC(C1)[N+]21CCCC1)(c1ccccc1)c1ccccc1. The van der Waals surface area contributed by atoms with E-state index in [1.807, 2.05) is 60.7 Å². The number of carbonyl (C=O) groups excluding carboxylic acids is 2. The number of piperidine rings is 1. The van der Waals surface area contributed by atoms with Gasteiger partial charge in [-0.3, -0.25) is 4.79 Å². The molecule has 3 saturated heterocycles. The van der Waals surface area contributed by atoms with Crippen LogP contribution < -0.4 is 5.73 Å². The van der Waals surface area contributed by atoms with E-state index in [-0.39, 0.29) is 6.10 Å². The van der Waals surface area contributed by atoms with Crippen LogP contribution in [0.2, 0.25) is 0 Å². The quantitative estimate of drug-likeness (QED) is 0.330. The monoisotopic (exact) mass is 507 g/mol. The van der Waals surface area contributed by atoms with Crippen molar-refractivity contribution in [3.05, 3.63) is 71.8 Å². The highest BCUT2D eigenvalue weighted by molar-refractivity contribution is 5.86. The van der Waals surface area contributed by atoms with Crippen molar-refractivity contribution in [2.75, 3.05) is 13.1 Å². The van der Waals surface area contributed by atoms with Crippen LogP contribution in [0, 0.1) is 0 Å². The molecule has 0 radical (unpaired) electrons. The maximum absolute atomic E-state index is 14.3. The summed E-state index contributed by atoms with van der Waals surface area (Å²) in [4.78, 5) is 26.6. The summed E-state index contributed by atoms with van der Waals surface area (Å²) in [7, 11) is 0. The smallest absolute Gasteiger partial charge is 0.348 e. The summed E-state index contributed by atoms with van der Waals surface area (Å²) in [6, 6.07) is 19.0. The van der Waals surface area contributed by atoms with Crippen molar-refractivity contribution in [3.63, 3.8) is 0 Å². The van der Waals surface area contributed by atoms with Crippen LogP contribution in [0.15, 0.2) is 60.7 Å². The van der Waals surface area contributed by atoms with Crippen molar-refractivity contribution >= 4 is 11.9 Å². The Morgan fingerprint density at radius 1 is 0.892 bits per heavy atom. The lowest BCUT2D eigenvalue weighted by Gasteiger charge is -2.47. The predicted octanol–water partition coefficient (Wildman–Crippen LogP) is 4.03. The first-order valence-corrected chi connectivity index (χ1v) is 13.7. The zero-order valence-electron chi connectivity index (χ0n) is 21.9. The minimum absolute atomic E-state index is 0.160. The van der Waals surface area contributed by atoms with E-state index in [0.29, 0.717) is 23.2 Å². The third-order valence-electron chi connectivity index (χ3n) is 8.67. The van der Waals surface area contributed by atoms with Crippen molar-refractivity contribution in [1.29, 1.82) is 0 Å². The average molecular weight is 508 g/mol. The summed E-state index contributed by atoms with van der Waals surface area (Å²) in [6.45, 7) is 5.69. The minimum atomic E-state index is -1.60. The van der Waals surface area contributed by atoms with Gasteiger partial charge in [-0.2, -0.15) is 0 Å². The first-order chi connectivity index (χ1) is 17.8. The molecule has 4 atom stereocenters. The van der Waals surface area contributed by atoms with Gasteiger partial charge >= 0.3 is 11.9 Å².